The average molecular weight is 218 g/mol. The normalized spacial score (nSPS) is 16.3. The van der Waals surface area contributed by atoms with E-state index in [0.717, 1.165) is 25.9 Å². The molecule has 2 rings (SSSR count). The molecule has 2 nitrogen and oxygen atoms in total. The average Bonchev–Trinajstić information content (AvgIpc) is 2.27. The Kier molecular flexibility index (Phi) is 3.49. The van der Waals surface area contributed by atoms with E-state index in [1.54, 1.807) is 0 Å². The van der Waals surface area contributed by atoms with Gasteiger partial charge in [-0.2, -0.15) is 0 Å². The van der Waals surface area contributed by atoms with E-state index in [1.165, 1.54) is 16.8 Å². The van der Waals surface area contributed by atoms with Gasteiger partial charge < -0.3 is 10.2 Å². The van der Waals surface area contributed by atoms with Crippen molar-refractivity contribution in [2.75, 3.05) is 25.0 Å². The fourth-order valence-corrected chi connectivity index (χ4v) is 2.47. The van der Waals surface area contributed by atoms with Gasteiger partial charge in [-0.3, -0.25) is 0 Å². The minimum atomic E-state index is 0.676. The third-order valence-electron chi connectivity index (χ3n) is 3.57. The van der Waals surface area contributed by atoms with Crippen LogP contribution in [-0.4, -0.2) is 26.2 Å². The molecule has 1 aromatic carbocycles. The molecule has 1 heterocycles. The Hall–Kier alpha value is -1.02. The number of anilines is 1. The van der Waals surface area contributed by atoms with Gasteiger partial charge in [-0.15, -0.1) is 0 Å². The van der Waals surface area contributed by atoms with Crippen molar-refractivity contribution in [3.8, 4) is 0 Å². The first-order chi connectivity index (χ1) is 7.80. The monoisotopic (exact) mass is 218 g/mol. The quantitative estimate of drug-likeness (QED) is 0.833. The molecule has 1 aliphatic heterocycles. The summed E-state index contributed by atoms with van der Waals surface area (Å²) >= 11 is 0. The van der Waals surface area contributed by atoms with Crippen molar-refractivity contribution in [3.05, 3.63) is 29.3 Å². The molecule has 0 aliphatic carbocycles. The van der Waals surface area contributed by atoms with Crippen LogP contribution in [0.15, 0.2) is 18.2 Å². The van der Waals surface area contributed by atoms with Gasteiger partial charge in [0, 0.05) is 24.8 Å². The molecule has 0 amide bonds. The first-order valence-corrected chi connectivity index (χ1v) is 6.33. The minimum absolute atomic E-state index is 0.676. The van der Waals surface area contributed by atoms with Crippen LogP contribution in [0.1, 0.15) is 25.0 Å². The number of benzene rings is 1. The SMILES string of the molecule is CCc1cccc(CC)c1N1CC(NC)C1. The van der Waals surface area contributed by atoms with Crippen molar-refractivity contribution in [2.45, 2.75) is 32.7 Å². The number of likely N-dealkylation sites (N-methyl/N-ethyl adjacent to an activating group) is 1. The third-order valence-corrected chi connectivity index (χ3v) is 3.57. The summed E-state index contributed by atoms with van der Waals surface area (Å²) in [6, 6.07) is 7.40. The van der Waals surface area contributed by atoms with Crippen LogP contribution in [0.4, 0.5) is 5.69 Å². The van der Waals surface area contributed by atoms with Gasteiger partial charge in [-0.25, -0.2) is 0 Å². The lowest BCUT2D eigenvalue weighted by Crippen LogP contribution is -2.57. The fraction of sp³-hybridized carbons (Fsp3) is 0.571. The van der Waals surface area contributed by atoms with Gasteiger partial charge in [0.1, 0.15) is 0 Å². The van der Waals surface area contributed by atoms with Crippen molar-refractivity contribution in [1.29, 1.82) is 0 Å². The molecule has 0 unspecified atom stereocenters. The Morgan fingerprint density at radius 1 is 1.19 bits per heavy atom. The van der Waals surface area contributed by atoms with Crippen LogP contribution < -0.4 is 10.2 Å². The first-order valence-electron chi connectivity index (χ1n) is 6.33. The Morgan fingerprint density at radius 3 is 2.19 bits per heavy atom. The molecular formula is C14H22N2. The summed E-state index contributed by atoms with van der Waals surface area (Å²) in [6.07, 6.45) is 2.26. The van der Waals surface area contributed by atoms with Crippen molar-refractivity contribution in [1.82, 2.24) is 5.32 Å². The van der Waals surface area contributed by atoms with Crippen LogP contribution in [0.2, 0.25) is 0 Å². The standard InChI is InChI=1S/C14H22N2/c1-4-11-7-6-8-12(5-2)14(11)16-9-13(10-16)15-3/h6-8,13,15H,4-5,9-10H2,1-3H3. The molecule has 1 fully saturated rings. The largest absolute Gasteiger partial charge is 0.368 e. The van der Waals surface area contributed by atoms with Crippen LogP contribution in [0.3, 0.4) is 0 Å². The van der Waals surface area contributed by atoms with Crippen molar-refractivity contribution < 1.29 is 0 Å². The van der Waals surface area contributed by atoms with Crippen LogP contribution in [0.5, 0.6) is 0 Å². The summed E-state index contributed by atoms with van der Waals surface area (Å²) in [5.41, 5.74) is 4.49. The number of nitrogens with one attached hydrogen (secondary N) is 1. The number of rotatable bonds is 4. The highest BCUT2D eigenvalue weighted by atomic mass is 15.2. The lowest BCUT2D eigenvalue weighted by atomic mass is 9.98. The predicted octanol–water partition coefficient (Wildman–Crippen LogP) is 2.22. The second kappa shape index (κ2) is 4.88. The molecule has 1 saturated heterocycles. The van der Waals surface area contributed by atoms with Gasteiger partial charge in [-0.05, 0) is 31.0 Å². The Labute approximate surface area is 98.7 Å². The highest BCUT2D eigenvalue weighted by Crippen LogP contribution is 2.30. The molecule has 2 heteroatoms. The van der Waals surface area contributed by atoms with Crippen molar-refractivity contribution in [2.24, 2.45) is 0 Å². The van der Waals surface area contributed by atoms with Gasteiger partial charge in [0.15, 0.2) is 0 Å². The number of nitrogens with zero attached hydrogens (tertiary/aromatic N) is 1. The highest BCUT2D eigenvalue weighted by molar-refractivity contribution is 5.61. The molecule has 0 aromatic heterocycles. The summed E-state index contributed by atoms with van der Waals surface area (Å²) in [5.74, 6) is 0. The summed E-state index contributed by atoms with van der Waals surface area (Å²) in [5, 5.41) is 3.33. The van der Waals surface area contributed by atoms with Gasteiger partial charge in [0.25, 0.3) is 0 Å². The fourth-order valence-electron chi connectivity index (χ4n) is 2.47. The summed E-state index contributed by atoms with van der Waals surface area (Å²) in [6.45, 7) is 6.79. The zero-order valence-corrected chi connectivity index (χ0v) is 10.6. The maximum absolute atomic E-state index is 3.33. The van der Waals surface area contributed by atoms with Gasteiger partial charge in [0.2, 0.25) is 0 Å². The molecule has 16 heavy (non-hydrogen) atoms. The first kappa shape index (κ1) is 11.5. The maximum Gasteiger partial charge on any atom is 0.0432 e. The van der Waals surface area contributed by atoms with Crippen molar-refractivity contribution in [3.63, 3.8) is 0 Å². The highest BCUT2D eigenvalue weighted by Gasteiger charge is 2.27. The van der Waals surface area contributed by atoms with Crippen LogP contribution in [-0.2, 0) is 12.8 Å². The summed E-state index contributed by atoms with van der Waals surface area (Å²) in [4.78, 5) is 2.51. The van der Waals surface area contributed by atoms with E-state index < -0.39 is 0 Å². The Balaban J connectivity index is 2.24. The van der Waals surface area contributed by atoms with Crippen molar-refractivity contribution >= 4 is 5.69 Å². The maximum atomic E-state index is 3.33. The van der Waals surface area contributed by atoms with E-state index in [-0.39, 0.29) is 0 Å². The zero-order valence-electron chi connectivity index (χ0n) is 10.6. The van der Waals surface area contributed by atoms with Gasteiger partial charge >= 0.3 is 0 Å². The Bertz CT molecular complexity index is 332. The summed E-state index contributed by atoms with van der Waals surface area (Å²) < 4.78 is 0. The van der Waals surface area contributed by atoms with E-state index >= 15 is 0 Å². The van der Waals surface area contributed by atoms with Gasteiger partial charge in [0.05, 0.1) is 0 Å². The molecule has 0 atom stereocenters. The second-order valence-corrected chi connectivity index (χ2v) is 4.52. The Morgan fingerprint density at radius 2 is 1.75 bits per heavy atom. The van der Waals surface area contributed by atoms with E-state index in [0.29, 0.717) is 6.04 Å². The zero-order chi connectivity index (χ0) is 11.5. The second-order valence-electron chi connectivity index (χ2n) is 4.52. The molecule has 0 bridgehead atoms. The van der Waals surface area contributed by atoms with E-state index in [9.17, 15) is 0 Å². The minimum Gasteiger partial charge on any atom is -0.368 e. The van der Waals surface area contributed by atoms with E-state index in [1.807, 2.05) is 0 Å². The topological polar surface area (TPSA) is 15.3 Å². The molecule has 0 spiro atoms. The number of hydrogen-bond acceptors (Lipinski definition) is 2. The molecule has 1 aromatic rings. The van der Waals surface area contributed by atoms with Crippen LogP contribution in [0, 0.1) is 0 Å². The molecule has 88 valence electrons. The van der Waals surface area contributed by atoms with E-state index in [2.05, 4.69) is 49.3 Å². The van der Waals surface area contributed by atoms with E-state index in [4.69, 9.17) is 0 Å². The molecule has 1 aliphatic rings. The van der Waals surface area contributed by atoms with Gasteiger partial charge in [-0.1, -0.05) is 32.0 Å². The number of aryl methyl sites for hydroxylation is 2. The number of para-hydroxylation sites is 1. The predicted molar refractivity (Wildman–Crippen MR) is 70.3 cm³/mol. The lowest BCUT2D eigenvalue weighted by Gasteiger charge is -2.42. The lowest BCUT2D eigenvalue weighted by molar-refractivity contribution is 0.448. The number of hydrogen-bond donors (Lipinski definition) is 1. The third kappa shape index (κ3) is 1.94. The smallest absolute Gasteiger partial charge is 0.0432 e. The van der Waals surface area contributed by atoms with Crippen LogP contribution in [0.25, 0.3) is 0 Å². The molecule has 0 saturated carbocycles. The summed E-state index contributed by atoms with van der Waals surface area (Å²) in [7, 11) is 2.05. The van der Waals surface area contributed by atoms with Crippen LogP contribution >= 0.6 is 0 Å². The molecular weight excluding hydrogens is 196 g/mol. The molecule has 0 radical (unpaired) electrons. The molecule has 1 N–H and O–H groups in total.